The van der Waals surface area contributed by atoms with Crippen LogP contribution >= 0.6 is 0 Å². The number of anilines is 1. The minimum absolute atomic E-state index is 0.0715. The van der Waals surface area contributed by atoms with E-state index in [1.54, 1.807) is 29.9 Å². The molecule has 118 valence electrons. The van der Waals surface area contributed by atoms with Crippen LogP contribution in [0.3, 0.4) is 0 Å². The van der Waals surface area contributed by atoms with E-state index in [4.69, 9.17) is 0 Å². The van der Waals surface area contributed by atoms with Crippen molar-refractivity contribution in [3.63, 3.8) is 0 Å². The summed E-state index contributed by atoms with van der Waals surface area (Å²) >= 11 is 0. The zero-order chi connectivity index (χ0) is 16.5. The fourth-order valence-electron chi connectivity index (χ4n) is 2.12. The normalized spacial score (nSPS) is 11.4. The molecule has 0 spiro atoms. The van der Waals surface area contributed by atoms with Gasteiger partial charge in [-0.25, -0.2) is 8.42 Å². The number of aryl methyl sites for hydroxylation is 1. The molecule has 0 atom stereocenters. The molecular formula is C13H16N4O4S. The van der Waals surface area contributed by atoms with E-state index in [0.29, 0.717) is 12.2 Å². The third-order valence-corrected chi connectivity index (χ3v) is 4.27. The molecule has 0 N–H and O–H groups in total. The van der Waals surface area contributed by atoms with Crippen LogP contribution in [0.1, 0.15) is 5.56 Å². The lowest BCUT2D eigenvalue weighted by molar-refractivity contribution is -0.384. The summed E-state index contributed by atoms with van der Waals surface area (Å²) in [5.41, 5.74) is 1.00. The smallest absolute Gasteiger partial charge is 0.293 e. The van der Waals surface area contributed by atoms with Crippen molar-refractivity contribution in [2.24, 2.45) is 7.05 Å². The highest BCUT2D eigenvalue weighted by Gasteiger charge is 2.21. The van der Waals surface area contributed by atoms with Gasteiger partial charge in [-0.15, -0.1) is 0 Å². The third-order valence-electron chi connectivity index (χ3n) is 3.16. The number of nitrogens with zero attached hydrogens (tertiary/aromatic N) is 4. The molecule has 0 saturated carbocycles. The summed E-state index contributed by atoms with van der Waals surface area (Å²) in [5, 5.41) is 15.3. The molecule has 0 bridgehead atoms. The molecule has 8 nitrogen and oxygen atoms in total. The maximum absolute atomic E-state index is 11.5. The largest absolute Gasteiger partial charge is 0.365 e. The topological polar surface area (TPSA) is 98.3 Å². The van der Waals surface area contributed by atoms with Gasteiger partial charge in [0.05, 0.1) is 16.0 Å². The highest BCUT2D eigenvalue weighted by molar-refractivity contribution is 7.90. The molecule has 1 aromatic carbocycles. The first-order valence-electron chi connectivity index (χ1n) is 6.35. The van der Waals surface area contributed by atoms with Gasteiger partial charge in [-0.3, -0.25) is 14.8 Å². The second-order valence-corrected chi connectivity index (χ2v) is 7.07. The monoisotopic (exact) mass is 324 g/mol. The van der Waals surface area contributed by atoms with Crippen LogP contribution in [-0.4, -0.2) is 36.4 Å². The Bertz CT molecular complexity index is 813. The molecule has 22 heavy (non-hydrogen) atoms. The summed E-state index contributed by atoms with van der Waals surface area (Å²) in [6.45, 7) is 0.424. The highest BCUT2D eigenvalue weighted by Crippen LogP contribution is 2.30. The van der Waals surface area contributed by atoms with E-state index in [-0.39, 0.29) is 10.6 Å². The molecule has 9 heteroatoms. The van der Waals surface area contributed by atoms with E-state index in [0.717, 1.165) is 17.9 Å². The van der Waals surface area contributed by atoms with Gasteiger partial charge in [0.2, 0.25) is 0 Å². The Morgan fingerprint density at radius 1 is 1.41 bits per heavy atom. The second-order valence-electron chi connectivity index (χ2n) is 5.06. The van der Waals surface area contributed by atoms with Gasteiger partial charge in [0.25, 0.3) is 5.69 Å². The molecule has 2 rings (SSSR count). The van der Waals surface area contributed by atoms with Gasteiger partial charge in [-0.1, -0.05) is 0 Å². The first kappa shape index (κ1) is 16.0. The predicted octanol–water partition coefficient (Wildman–Crippen LogP) is 1.37. The molecule has 0 amide bonds. The Kier molecular flexibility index (Phi) is 4.18. The van der Waals surface area contributed by atoms with Crippen molar-refractivity contribution in [1.29, 1.82) is 0 Å². The van der Waals surface area contributed by atoms with Crippen LogP contribution in [0.25, 0.3) is 0 Å². The summed E-state index contributed by atoms with van der Waals surface area (Å²) < 4.78 is 24.7. The van der Waals surface area contributed by atoms with Gasteiger partial charge in [0.1, 0.15) is 5.69 Å². The van der Waals surface area contributed by atoms with Gasteiger partial charge < -0.3 is 4.90 Å². The minimum atomic E-state index is -3.49. The van der Waals surface area contributed by atoms with Crippen LogP contribution in [0.2, 0.25) is 0 Å². The molecule has 1 aromatic heterocycles. The van der Waals surface area contributed by atoms with Crippen molar-refractivity contribution in [2.75, 3.05) is 18.2 Å². The Morgan fingerprint density at radius 3 is 2.59 bits per heavy atom. The molecule has 1 heterocycles. The van der Waals surface area contributed by atoms with E-state index in [1.807, 2.05) is 6.20 Å². The standard InChI is InChI=1S/C13H16N4O4S/c1-15(8-10-7-14-16(2)9-10)12-5-4-11(22(3,20)21)6-13(12)17(18)19/h4-7,9H,8H2,1-3H3. The summed E-state index contributed by atoms with van der Waals surface area (Å²) in [7, 11) is -0.00475. The van der Waals surface area contributed by atoms with Crippen LogP contribution in [0.5, 0.6) is 0 Å². The zero-order valence-corrected chi connectivity index (χ0v) is 13.2. The Balaban J connectivity index is 2.39. The van der Waals surface area contributed by atoms with Crippen molar-refractivity contribution in [1.82, 2.24) is 9.78 Å². The number of benzene rings is 1. The van der Waals surface area contributed by atoms with Crippen LogP contribution in [0.15, 0.2) is 35.5 Å². The summed E-state index contributed by atoms with van der Waals surface area (Å²) in [5.74, 6) is 0. The molecule has 0 aliphatic heterocycles. The summed E-state index contributed by atoms with van der Waals surface area (Å²) in [6, 6.07) is 3.91. The fourth-order valence-corrected chi connectivity index (χ4v) is 2.76. The number of sulfone groups is 1. The number of aromatic nitrogens is 2. The molecule has 0 unspecified atom stereocenters. The number of nitro benzene ring substituents is 1. The molecular weight excluding hydrogens is 308 g/mol. The average molecular weight is 324 g/mol. The van der Waals surface area contributed by atoms with Gasteiger partial charge in [-0.05, 0) is 12.1 Å². The summed E-state index contributed by atoms with van der Waals surface area (Å²) in [4.78, 5) is 12.3. The lowest BCUT2D eigenvalue weighted by Crippen LogP contribution is -2.17. The number of rotatable bonds is 5. The molecule has 0 radical (unpaired) electrons. The lowest BCUT2D eigenvalue weighted by Gasteiger charge is -2.18. The van der Waals surface area contributed by atoms with E-state index in [1.165, 1.54) is 12.1 Å². The molecule has 0 aliphatic carbocycles. The van der Waals surface area contributed by atoms with E-state index < -0.39 is 14.8 Å². The SMILES string of the molecule is CN(Cc1cnn(C)c1)c1ccc(S(C)(=O)=O)cc1[N+](=O)[O-]. The van der Waals surface area contributed by atoms with Crippen molar-refractivity contribution < 1.29 is 13.3 Å². The van der Waals surface area contributed by atoms with Crippen LogP contribution in [0, 0.1) is 10.1 Å². The number of hydrogen-bond acceptors (Lipinski definition) is 6. The van der Waals surface area contributed by atoms with Gasteiger partial charge in [-0.2, -0.15) is 5.10 Å². The van der Waals surface area contributed by atoms with Crippen molar-refractivity contribution in [3.8, 4) is 0 Å². The fraction of sp³-hybridized carbons (Fsp3) is 0.308. The van der Waals surface area contributed by atoms with Crippen LogP contribution in [-0.2, 0) is 23.4 Å². The Morgan fingerprint density at radius 2 is 2.09 bits per heavy atom. The third kappa shape index (κ3) is 3.42. The number of nitro groups is 1. The lowest BCUT2D eigenvalue weighted by atomic mass is 10.2. The Labute approximate surface area is 128 Å². The van der Waals surface area contributed by atoms with Crippen LogP contribution in [0.4, 0.5) is 11.4 Å². The van der Waals surface area contributed by atoms with Crippen molar-refractivity contribution in [2.45, 2.75) is 11.4 Å². The predicted molar refractivity (Wildman–Crippen MR) is 81.5 cm³/mol. The maximum Gasteiger partial charge on any atom is 0.293 e. The first-order valence-corrected chi connectivity index (χ1v) is 8.25. The van der Waals surface area contributed by atoms with Gasteiger partial charge in [0.15, 0.2) is 9.84 Å². The molecule has 2 aromatic rings. The second kappa shape index (κ2) is 5.76. The van der Waals surface area contributed by atoms with Crippen molar-refractivity contribution >= 4 is 21.2 Å². The molecule has 0 aliphatic rings. The number of hydrogen-bond donors (Lipinski definition) is 0. The maximum atomic E-state index is 11.5. The van der Waals surface area contributed by atoms with E-state index in [2.05, 4.69) is 5.10 Å². The van der Waals surface area contributed by atoms with Crippen molar-refractivity contribution in [3.05, 3.63) is 46.3 Å². The van der Waals surface area contributed by atoms with E-state index in [9.17, 15) is 18.5 Å². The molecule has 0 fully saturated rings. The summed E-state index contributed by atoms with van der Waals surface area (Å²) in [6.07, 6.45) is 4.51. The molecule has 0 saturated heterocycles. The minimum Gasteiger partial charge on any atom is -0.365 e. The van der Waals surface area contributed by atoms with Gasteiger partial charge >= 0.3 is 0 Å². The van der Waals surface area contributed by atoms with Gasteiger partial charge in [0, 0.05) is 44.7 Å². The average Bonchev–Trinajstić information content (AvgIpc) is 2.82. The first-order chi connectivity index (χ1) is 10.2. The highest BCUT2D eigenvalue weighted by atomic mass is 32.2. The quantitative estimate of drug-likeness (QED) is 0.608. The zero-order valence-electron chi connectivity index (χ0n) is 12.4. The Hall–Kier alpha value is -2.42. The van der Waals surface area contributed by atoms with Crippen LogP contribution < -0.4 is 4.90 Å². The van der Waals surface area contributed by atoms with E-state index >= 15 is 0 Å².